The number of hydrogen-bond donors (Lipinski definition) is 1. The Balaban J connectivity index is 2.03. The van der Waals surface area contributed by atoms with E-state index in [0.717, 1.165) is 18.2 Å². The van der Waals surface area contributed by atoms with Gasteiger partial charge in [-0.05, 0) is 24.3 Å². The van der Waals surface area contributed by atoms with E-state index < -0.39 is 29.7 Å². The molecule has 1 heterocycles. The minimum atomic E-state index is -0.986. The topological polar surface area (TPSA) is 29.5 Å². The molecule has 1 aliphatic heterocycles. The van der Waals surface area contributed by atoms with E-state index in [1.54, 1.807) is 0 Å². The van der Waals surface area contributed by atoms with Crippen molar-refractivity contribution in [1.82, 2.24) is 0 Å². The smallest absolute Gasteiger partial charge is 0.133 e. The summed E-state index contributed by atoms with van der Waals surface area (Å²) in [6.07, 6.45) is -1.93. The van der Waals surface area contributed by atoms with Crippen molar-refractivity contribution in [2.24, 2.45) is 0 Å². The molecule has 1 aliphatic rings. The van der Waals surface area contributed by atoms with Crippen LogP contribution in [-0.2, 0) is 0 Å². The zero-order chi connectivity index (χ0) is 14.3. The maximum Gasteiger partial charge on any atom is 0.133 e. The first kappa shape index (κ1) is 13.0. The number of aliphatic hydroxyl groups is 1. The van der Waals surface area contributed by atoms with E-state index >= 15 is 0 Å². The highest BCUT2D eigenvalue weighted by Gasteiger charge is 2.31. The summed E-state index contributed by atoms with van der Waals surface area (Å²) >= 11 is 0. The predicted molar refractivity (Wildman–Crippen MR) is 65.7 cm³/mol. The van der Waals surface area contributed by atoms with Gasteiger partial charge in [-0.25, -0.2) is 13.2 Å². The van der Waals surface area contributed by atoms with E-state index in [9.17, 15) is 18.3 Å². The molecule has 0 saturated carbocycles. The lowest BCUT2D eigenvalue weighted by molar-refractivity contribution is 0.0618. The third-order valence-corrected chi connectivity index (χ3v) is 3.36. The second-order valence-electron chi connectivity index (χ2n) is 4.68. The Kier molecular flexibility index (Phi) is 3.14. The Morgan fingerprint density at radius 2 is 1.75 bits per heavy atom. The van der Waals surface area contributed by atoms with Crippen molar-refractivity contribution in [3.05, 3.63) is 65.0 Å². The molecule has 2 aromatic carbocycles. The lowest BCUT2D eigenvalue weighted by Gasteiger charge is -2.30. The van der Waals surface area contributed by atoms with Gasteiger partial charge in [-0.3, -0.25) is 0 Å². The highest BCUT2D eigenvalue weighted by Crippen LogP contribution is 2.42. The van der Waals surface area contributed by atoms with E-state index in [1.807, 2.05) is 0 Å². The molecule has 0 aliphatic carbocycles. The SMILES string of the molecule is OC1CC(c2c(F)cccc2F)Oc2cc(F)ccc21. The van der Waals surface area contributed by atoms with Crippen LogP contribution in [0.2, 0.25) is 0 Å². The Bertz CT molecular complexity index is 637. The van der Waals surface area contributed by atoms with E-state index in [2.05, 4.69) is 0 Å². The number of rotatable bonds is 1. The van der Waals surface area contributed by atoms with Crippen molar-refractivity contribution >= 4 is 0 Å². The monoisotopic (exact) mass is 280 g/mol. The lowest BCUT2D eigenvalue weighted by atomic mass is 9.94. The fourth-order valence-corrected chi connectivity index (χ4v) is 2.41. The molecule has 0 fully saturated rings. The molecule has 0 aromatic heterocycles. The number of aliphatic hydroxyl groups excluding tert-OH is 1. The highest BCUT2D eigenvalue weighted by molar-refractivity contribution is 5.39. The largest absolute Gasteiger partial charge is 0.485 e. The minimum absolute atomic E-state index is 0.0104. The first-order chi connectivity index (χ1) is 9.56. The minimum Gasteiger partial charge on any atom is -0.485 e. The van der Waals surface area contributed by atoms with Crippen molar-refractivity contribution in [2.45, 2.75) is 18.6 Å². The molecule has 3 rings (SSSR count). The van der Waals surface area contributed by atoms with Crippen LogP contribution in [0.15, 0.2) is 36.4 Å². The van der Waals surface area contributed by atoms with Crippen molar-refractivity contribution < 1.29 is 23.0 Å². The van der Waals surface area contributed by atoms with E-state index in [-0.39, 0.29) is 17.7 Å². The van der Waals surface area contributed by atoms with Crippen molar-refractivity contribution in [2.75, 3.05) is 0 Å². The van der Waals surface area contributed by atoms with Crippen LogP contribution >= 0.6 is 0 Å². The molecular weight excluding hydrogens is 269 g/mol. The number of ether oxygens (including phenoxy) is 1. The summed E-state index contributed by atoms with van der Waals surface area (Å²) in [6, 6.07) is 7.20. The summed E-state index contributed by atoms with van der Waals surface area (Å²) in [4.78, 5) is 0. The second-order valence-corrected chi connectivity index (χ2v) is 4.68. The van der Waals surface area contributed by atoms with Crippen LogP contribution in [-0.4, -0.2) is 5.11 Å². The Morgan fingerprint density at radius 1 is 1.05 bits per heavy atom. The summed E-state index contributed by atoms with van der Waals surface area (Å²) in [5.74, 6) is -1.92. The molecule has 0 radical (unpaired) electrons. The first-order valence-electron chi connectivity index (χ1n) is 6.14. The van der Waals surface area contributed by atoms with Crippen LogP contribution < -0.4 is 4.74 Å². The van der Waals surface area contributed by atoms with Crippen LogP contribution in [0.5, 0.6) is 5.75 Å². The number of benzene rings is 2. The molecule has 2 aromatic rings. The van der Waals surface area contributed by atoms with E-state index in [4.69, 9.17) is 4.74 Å². The van der Waals surface area contributed by atoms with E-state index in [1.165, 1.54) is 18.2 Å². The van der Waals surface area contributed by atoms with Gasteiger partial charge in [-0.2, -0.15) is 0 Å². The number of fused-ring (bicyclic) bond motifs is 1. The van der Waals surface area contributed by atoms with Gasteiger partial charge in [0.05, 0.1) is 11.7 Å². The molecule has 1 N–H and O–H groups in total. The van der Waals surface area contributed by atoms with Gasteiger partial charge in [0.2, 0.25) is 0 Å². The van der Waals surface area contributed by atoms with Crippen LogP contribution in [0.4, 0.5) is 13.2 Å². The molecule has 0 saturated heterocycles. The summed E-state index contributed by atoms with van der Waals surface area (Å²) in [5, 5.41) is 10.0. The molecule has 0 amide bonds. The fourth-order valence-electron chi connectivity index (χ4n) is 2.41. The predicted octanol–water partition coefficient (Wildman–Crippen LogP) is 3.66. The van der Waals surface area contributed by atoms with Crippen molar-refractivity contribution in [1.29, 1.82) is 0 Å². The quantitative estimate of drug-likeness (QED) is 0.863. The number of halogens is 3. The number of hydrogen-bond acceptors (Lipinski definition) is 2. The first-order valence-corrected chi connectivity index (χ1v) is 6.14. The Labute approximate surface area is 113 Å². The van der Waals surface area contributed by atoms with Gasteiger partial charge >= 0.3 is 0 Å². The van der Waals surface area contributed by atoms with Crippen LogP contribution in [0.25, 0.3) is 0 Å². The molecule has 5 heteroatoms. The summed E-state index contributed by atoms with van der Waals surface area (Å²) in [6.45, 7) is 0. The maximum atomic E-state index is 13.7. The van der Waals surface area contributed by atoms with Gasteiger partial charge in [-0.15, -0.1) is 0 Å². The van der Waals surface area contributed by atoms with Gasteiger partial charge in [-0.1, -0.05) is 6.07 Å². The molecule has 2 unspecified atom stereocenters. The molecule has 2 nitrogen and oxygen atoms in total. The molecular formula is C15H11F3O2. The van der Waals surface area contributed by atoms with Crippen molar-refractivity contribution in [3.63, 3.8) is 0 Å². The Hall–Kier alpha value is -2.01. The zero-order valence-corrected chi connectivity index (χ0v) is 10.3. The summed E-state index contributed by atoms with van der Waals surface area (Å²) < 4.78 is 46.1. The van der Waals surface area contributed by atoms with Crippen LogP contribution in [0.1, 0.15) is 29.8 Å². The summed E-state index contributed by atoms with van der Waals surface area (Å²) in [7, 11) is 0. The van der Waals surface area contributed by atoms with Crippen LogP contribution in [0, 0.1) is 17.5 Å². The third-order valence-electron chi connectivity index (χ3n) is 3.36. The van der Waals surface area contributed by atoms with E-state index in [0.29, 0.717) is 5.56 Å². The van der Waals surface area contributed by atoms with Crippen molar-refractivity contribution in [3.8, 4) is 5.75 Å². The normalized spacial score (nSPS) is 21.2. The average molecular weight is 280 g/mol. The second kappa shape index (κ2) is 4.83. The van der Waals surface area contributed by atoms with Gasteiger partial charge in [0.15, 0.2) is 0 Å². The zero-order valence-electron chi connectivity index (χ0n) is 10.3. The molecule has 0 spiro atoms. The highest BCUT2D eigenvalue weighted by atomic mass is 19.1. The van der Waals surface area contributed by atoms with Gasteiger partial charge < -0.3 is 9.84 Å². The maximum absolute atomic E-state index is 13.7. The molecule has 104 valence electrons. The lowest BCUT2D eigenvalue weighted by Crippen LogP contribution is -2.21. The average Bonchev–Trinajstić information content (AvgIpc) is 2.38. The van der Waals surface area contributed by atoms with Gasteiger partial charge in [0.25, 0.3) is 0 Å². The Morgan fingerprint density at radius 3 is 2.45 bits per heavy atom. The standard InChI is InChI=1S/C15H11F3O2/c16-8-4-5-9-12(19)7-14(20-13(9)6-8)15-10(17)2-1-3-11(15)18/h1-6,12,14,19H,7H2. The molecule has 2 atom stereocenters. The van der Waals surface area contributed by atoms with Crippen LogP contribution in [0.3, 0.4) is 0 Å². The summed E-state index contributed by atoms with van der Waals surface area (Å²) in [5.41, 5.74) is 0.167. The van der Waals surface area contributed by atoms with Gasteiger partial charge in [0.1, 0.15) is 29.3 Å². The molecule has 20 heavy (non-hydrogen) atoms. The fraction of sp³-hybridized carbons (Fsp3) is 0.200. The van der Waals surface area contributed by atoms with Gasteiger partial charge in [0, 0.05) is 18.1 Å². The third kappa shape index (κ3) is 2.14. The molecule has 0 bridgehead atoms.